The summed E-state index contributed by atoms with van der Waals surface area (Å²) in [5, 5.41) is 6.10. The average molecular weight is 343 g/mol. The minimum Gasteiger partial charge on any atom is -0.493 e. The van der Waals surface area contributed by atoms with Gasteiger partial charge in [0.2, 0.25) is 0 Å². The van der Waals surface area contributed by atoms with Crippen LogP contribution in [-0.2, 0) is 6.54 Å². The fourth-order valence-electron chi connectivity index (χ4n) is 1.77. The van der Waals surface area contributed by atoms with Crippen molar-refractivity contribution < 1.29 is 23.0 Å². The van der Waals surface area contributed by atoms with E-state index in [9.17, 15) is 13.6 Å². The van der Waals surface area contributed by atoms with Gasteiger partial charge in [-0.25, -0.2) is 9.78 Å². The van der Waals surface area contributed by atoms with Gasteiger partial charge in [-0.1, -0.05) is 0 Å². The minimum atomic E-state index is -2.98. The number of rotatable bonds is 6. The van der Waals surface area contributed by atoms with Crippen LogP contribution < -0.4 is 20.1 Å². The fourth-order valence-corrected chi connectivity index (χ4v) is 2.51. The number of nitrogens with zero attached hydrogens (tertiary/aromatic N) is 1. The van der Waals surface area contributed by atoms with E-state index in [1.54, 1.807) is 6.20 Å². The summed E-state index contributed by atoms with van der Waals surface area (Å²) in [7, 11) is 1.34. The van der Waals surface area contributed by atoms with Crippen LogP contribution in [0.4, 0.5) is 19.3 Å². The third kappa shape index (κ3) is 5.06. The Labute approximate surface area is 135 Å². The number of carbonyl (C=O) groups is 1. The maximum Gasteiger partial charge on any atom is 0.387 e. The summed E-state index contributed by atoms with van der Waals surface area (Å²) < 4.78 is 34.0. The molecule has 2 N–H and O–H groups in total. The first kappa shape index (κ1) is 16.9. The lowest BCUT2D eigenvalue weighted by Gasteiger charge is -2.12. The quantitative estimate of drug-likeness (QED) is 0.843. The molecule has 2 rings (SSSR count). The number of aryl methyl sites for hydroxylation is 1. The second-order valence-corrected chi connectivity index (χ2v) is 5.72. The summed E-state index contributed by atoms with van der Waals surface area (Å²) in [5.74, 6) is -0.00484. The van der Waals surface area contributed by atoms with Crippen LogP contribution in [0.5, 0.6) is 11.5 Å². The zero-order chi connectivity index (χ0) is 16.8. The summed E-state index contributed by atoms with van der Waals surface area (Å²) in [5.41, 5.74) is 0.305. The van der Waals surface area contributed by atoms with Gasteiger partial charge in [-0.05, 0) is 19.1 Å². The topological polar surface area (TPSA) is 72.5 Å². The first-order valence-electron chi connectivity index (χ1n) is 6.57. The van der Waals surface area contributed by atoms with Crippen molar-refractivity contribution in [2.24, 2.45) is 0 Å². The molecule has 0 spiro atoms. The highest BCUT2D eigenvalue weighted by Gasteiger charge is 2.12. The van der Waals surface area contributed by atoms with E-state index < -0.39 is 12.6 Å². The van der Waals surface area contributed by atoms with Gasteiger partial charge in [0, 0.05) is 22.8 Å². The lowest BCUT2D eigenvalue weighted by atomic mass is 10.3. The lowest BCUT2D eigenvalue weighted by molar-refractivity contribution is -0.0511. The standard InChI is InChI=1S/C14H15F2N3O3S/c1-8-17-6-10(23-8)7-18-14(20)19-9-3-4-11(21-2)12(5-9)22-13(15)16/h3-6,13H,7H2,1-2H3,(H2,18,19,20). The number of carbonyl (C=O) groups excluding carboxylic acids is 1. The molecule has 0 unspecified atom stereocenters. The molecule has 0 fully saturated rings. The van der Waals surface area contributed by atoms with Crippen LogP contribution in [0, 0.1) is 6.92 Å². The Bertz CT molecular complexity index is 679. The number of hydrogen-bond donors (Lipinski definition) is 2. The second kappa shape index (κ2) is 7.73. The van der Waals surface area contributed by atoms with E-state index in [4.69, 9.17) is 4.74 Å². The molecule has 1 aromatic carbocycles. The highest BCUT2D eigenvalue weighted by Crippen LogP contribution is 2.31. The van der Waals surface area contributed by atoms with Crippen molar-refractivity contribution in [1.82, 2.24) is 10.3 Å². The molecule has 0 aliphatic rings. The van der Waals surface area contributed by atoms with Gasteiger partial charge < -0.3 is 20.1 Å². The molecule has 2 amide bonds. The summed E-state index contributed by atoms with van der Waals surface area (Å²) in [4.78, 5) is 16.8. The molecule has 0 bridgehead atoms. The van der Waals surface area contributed by atoms with Crippen molar-refractivity contribution in [3.05, 3.63) is 34.3 Å². The number of ether oxygens (including phenoxy) is 2. The van der Waals surface area contributed by atoms with Crippen LogP contribution in [-0.4, -0.2) is 24.7 Å². The van der Waals surface area contributed by atoms with E-state index in [2.05, 4.69) is 20.4 Å². The van der Waals surface area contributed by atoms with Crippen molar-refractivity contribution in [2.45, 2.75) is 20.1 Å². The minimum absolute atomic E-state index is 0.149. The molecule has 6 nitrogen and oxygen atoms in total. The summed E-state index contributed by atoms with van der Waals surface area (Å²) in [6.07, 6.45) is 1.68. The second-order valence-electron chi connectivity index (χ2n) is 4.40. The monoisotopic (exact) mass is 343 g/mol. The van der Waals surface area contributed by atoms with Crippen molar-refractivity contribution >= 4 is 23.1 Å². The van der Waals surface area contributed by atoms with E-state index in [0.717, 1.165) is 9.88 Å². The van der Waals surface area contributed by atoms with Gasteiger partial charge in [0.1, 0.15) is 0 Å². The molecule has 1 aromatic heterocycles. The number of amides is 2. The SMILES string of the molecule is COc1ccc(NC(=O)NCc2cnc(C)s2)cc1OC(F)F. The number of nitrogens with one attached hydrogen (secondary N) is 2. The highest BCUT2D eigenvalue weighted by molar-refractivity contribution is 7.11. The Hall–Kier alpha value is -2.42. The van der Waals surface area contributed by atoms with Gasteiger partial charge in [0.15, 0.2) is 11.5 Å². The number of alkyl halides is 2. The zero-order valence-corrected chi connectivity index (χ0v) is 13.2. The molecule has 0 aliphatic heterocycles. The highest BCUT2D eigenvalue weighted by atomic mass is 32.1. The van der Waals surface area contributed by atoms with Crippen molar-refractivity contribution in [3.63, 3.8) is 0 Å². The molecule has 1 heterocycles. The number of halogens is 2. The van der Waals surface area contributed by atoms with E-state index in [1.165, 1.54) is 36.6 Å². The van der Waals surface area contributed by atoms with E-state index >= 15 is 0 Å². The number of methoxy groups -OCH3 is 1. The molecule has 124 valence electrons. The number of benzene rings is 1. The number of aromatic nitrogens is 1. The maximum atomic E-state index is 12.4. The van der Waals surface area contributed by atoms with E-state index in [1.807, 2.05) is 6.92 Å². The van der Waals surface area contributed by atoms with Gasteiger partial charge in [-0.15, -0.1) is 11.3 Å². The Kier molecular flexibility index (Phi) is 5.69. The number of anilines is 1. The van der Waals surface area contributed by atoms with Crippen molar-refractivity contribution in [3.8, 4) is 11.5 Å². The molecule has 0 saturated heterocycles. The Morgan fingerprint density at radius 3 is 2.78 bits per heavy atom. The van der Waals surface area contributed by atoms with Crippen molar-refractivity contribution in [2.75, 3.05) is 12.4 Å². The average Bonchev–Trinajstić information content (AvgIpc) is 2.90. The molecular formula is C14H15F2N3O3S. The molecule has 9 heteroatoms. The molecule has 0 saturated carbocycles. The van der Waals surface area contributed by atoms with Crippen LogP contribution >= 0.6 is 11.3 Å². The van der Waals surface area contributed by atoms with E-state index in [-0.39, 0.29) is 11.5 Å². The normalized spacial score (nSPS) is 10.5. The molecule has 2 aromatic rings. The third-order valence-electron chi connectivity index (χ3n) is 2.73. The smallest absolute Gasteiger partial charge is 0.387 e. The lowest BCUT2D eigenvalue weighted by Crippen LogP contribution is -2.27. The largest absolute Gasteiger partial charge is 0.493 e. The first-order chi connectivity index (χ1) is 11.0. The first-order valence-corrected chi connectivity index (χ1v) is 7.38. The molecular weight excluding hydrogens is 328 g/mol. The van der Waals surface area contributed by atoms with Crippen LogP contribution in [0.2, 0.25) is 0 Å². The maximum absolute atomic E-state index is 12.4. The Morgan fingerprint density at radius 2 is 2.17 bits per heavy atom. The van der Waals surface area contributed by atoms with Gasteiger partial charge in [-0.2, -0.15) is 8.78 Å². The zero-order valence-electron chi connectivity index (χ0n) is 12.4. The summed E-state index contributed by atoms with van der Waals surface area (Å²) in [6.45, 7) is -0.785. The van der Waals surface area contributed by atoms with Crippen molar-refractivity contribution in [1.29, 1.82) is 0 Å². The van der Waals surface area contributed by atoms with E-state index in [0.29, 0.717) is 12.2 Å². The van der Waals surface area contributed by atoms with Crippen LogP contribution in [0.15, 0.2) is 24.4 Å². The number of thiazole rings is 1. The van der Waals surface area contributed by atoms with Crippen LogP contribution in [0.1, 0.15) is 9.88 Å². The molecule has 0 aliphatic carbocycles. The van der Waals surface area contributed by atoms with Gasteiger partial charge in [-0.3, -0.25) is 0 Å². The van der Waals surface area contributed by atoms with Gasteiger partial charge in [0.05, 0.1) is 18.7 Å². The van der Waals surface area contributed by atoms with Gasteiger partial charge in [0.25, 0.3) is 0 Å². The molecule has 0 atom stereocenters. The van der Waals surface area contributed by atoms with Crippen LogP contribution in [0.3, 0.4) is 0 Å². The Morgan fingerprint density at radius 1 is 1.39 bits per heavy atom. The fraction of sp³-hybridized carbons (Fsp3) is 0.286. The summed E-state index contributed by atoms with van der Waals surface area (Å²) in [6, 6.07) is 3.75. The predicted octanol–water partition coefficient (Wildman–Crippen LogP) is 3.38. The molecule has 23 heavy (non-hydrogen) atoms. The summed E-state index contributed by atoms with van der Waals surface area (Å²) >= 11 is 1.48. The van der Waals surface area contributed by atoms with Crippen LogP contribution in [0.25, 0.3) is 0 Å². The third-order valence-corrected chi connectivity index (χ3v) is 3.64. The Balaban J connectivity index is 1.97. The number of hydrogen-bond acceptors (Lipinski definition) is 5. The predicted molar refractivity (Wildman–Crippen MR) is 82.3 cm³/mol. The van der Waals surface area contributed by atoms with Gasteiger partial charge >= 0.3 is 12.6 Å². The number of urea groups is 1. The molecule has 0 radical (unpaired) electrons.